The molecule has 2 nitrogen and oxygen atoms in total. The zero-order chi connectivity index (χ0) is 36.7. The Balaban J connectivity index is 0.00000257. The van der Waals surface area contributed by atoms with Crippen LogP contribution >= 0.6 is 12.6 Å². The lowest BCUT2D eigenvalue weighted by atomic mass is 9.95. The number of ether oxygens (including phenoxy) is 1. The Morgan fingerprint density at radius 1 is 0.558 bits per heavy atom. The first-order valence-electron chi connectivity index (χ1n) is 17.3. The largest absolute Gasteiger partial charge is 0.497 e. The van der Waals surface area contributed by atoms with Gasteiger partial charge in [0, 0.05) is 22.0 Å². The van der Waals surface area contributed by atoms with Gasteiger partial charge in [0.1, 0.15) is 5.75 Å². The van der Waals surface area contributed by atoms with Gasteiger partial charge in [-0.3, -0.25) is 0 Å². The van der Waals surface area contributed by atoms with Crippen LogP contribution in [0.1, 0.15) is 41.7 Å². The van der Waals surface area contributed by atoms with Gasteiger partial charge in [0.25, 0.3) is 0 Å². The zero-order valence-electron chi connectivity index (χ0n) is 30.1. The maximum absolute atomic E-state index is 5.42. The fourth-order valence-corrected chi connectivity index (χ4v) is 6.16. The summed E-state index contributed by atoms with van der Waals surface area (Å²) in [4.78, 5) is 3.25. The lowest BCUT2D eigenvalue weighted by Crippen LogP contribution is -2.09. The van der Waals surface area contributed by atoms with Crippen LogP contribution in [0.2, 0.25) is 0 Å². The van der Waals surface area contributed by atoms with Gasteiger partial charge in [0.05, 0.1) is 7.11 Å². The number of nitrogens with zero attached hydrogens (tertiary/aromatic N) is 1. The van der Waals surface area contributed by atoms with E-state index >= 15 is 0 Å². The highest BCUT2D eigenvalue weighted by Crippen LogP contribution is 2.36. The first-order valence-corrected chi connectivity index (χ1v) is 17.8. The van der Waals surface area contributed by atoms with Crippen molar-refractivity contribution in [1.82, 2.24) is 0 Å². The van der Waals surface area contributed by atoms with Crippen LogP contribution in [0.4, 0.5) is 17.1 Å². The van der Waals surface area contributed by atoms with E-state index in [1.54, 1.807) is 7.11 Å². The van der Waals surface area contributed by atoms with Crippen LogP contribution in [0.3, 0.4) is 0 Å². The summed E-state index contributed by atoms with van der Waals surface area (Å²) in [5.74, 6) is 0.843. The molecule has 0 aromatic heterocycles. The van der Waals surface area contributed by atoms with Gasteiger partial charge in [-0.15, -0.1) is 25.8 Å². The summed E-state index contributed by atoms with van der Waals surface area (Å²) in [6, 6.07) is 55.2. The molecule has 0 aliphatic carbocycles. The Morgan fingerprint density at radius 2 is 1.04 bits per heavy atom. The molecule has 6 aromatic rings. The first-order chi connectivity index (χ1) is 25.6. The second-order valence-corrected chi connectivity index (χ2v) is 12.4. The molecule has 6 rings (SSSR count). The van der Waals surface area contributed by atoms with E-state index in [4.69, 9.17) is 4.74 Å². The summed E-state index contributed by atoms with van der Waals surface area (Å²) < 4.78 is 5.42. The van der Waals surface area contributed by atoms with Crippen molar-refractivity contribution in [3.8, 4) is 5.75 Å². The molecule has 0 atom stereocenters. The monoisotopic (exact) mass is 695 g/mol. The van der Waals surface area contributed by atoms with Gasteiger partial charge in [-0.25, -0.2) is 0 Å². The van der Waals surface area contributed by atoms with E-state index in [-0.39, 0.29) is 0 Å². The van der Waals surface area contributed by atoms with Crippen molar-refractivity contribution < 1.29 is 4.74 Å². The maximum Gasteiger partial charge on any atom is 0.118 e. The van der Waals surface area contributed by atoms with Crippen LogP contribution in [0.15, 0.2) is 200 Å². The molecule has 52 heavy (non-hydrogen) atoms. The Kier molecular flexibility index (Phi) is 13.5. The predicted molar refractivity (Wildman–Crippen MR) is 229 cm³/mol. The highest BCUT2D eigenvalue weighted by molar-refractivity contribution is 7.80. The summed E-state index contributed by atoms with van der Waals surface area (Å²) in [6.45, 7) is 10.1. The van der Waals surface area contributed by atoms with Gasteiger partial charge in [-0.1, -0.05) is 115 Å². The average molecular weight is 696 g/mol. The van der Waals surface area contributed by atoms with E-state index in [0.717, 1.165) is 61.1 Å². The number of hydrogen-bond donors (Lipinski definition) is 1. The van der Waals surface area contributed by atoms with Crippen molar-refractivity contribution in [3.63, 3.8) is 0 Å². The highest BCUT2D eigenvalue weighted by atomic mass is 32.1. The molecular weight excluding hydrogens is 651 g/mol. The number of allylic oxidation sites excluding steroid dienone is 5. The summed E-state index contributed by atoms with van der Waals surface area (Å²) in [5.41, 5.74) is 12.5. The number of para-hydroxylation sites is 1. The number of hydrogen-bond acceptors (Lipinski definition) is 3. The molecule has 258 valence electrons. The second-order valence-electron chi connectivity index (χ2n) is 11.9. The van der Waals surface area contributed by atoms with Crippen molar-refractivity contribution >= 4 is 53.0 Å². The van der Waals surface area contributed by atoms with Crippen LogP contribution in [0.5, 0.6) is 5.75 Å². The Morgan fingerprint density at radius 3 is 1.56 bits per heavy atom. The van der Waals surface area contributed by atoms with Gasteiger partial charge in [0.15, 0.2) is 0 Å². The molecular formula is C49H45NOS. The third-order valence-corrected chi connectivity index (χ3v) is 8.87. The molecule has 0 unspecified atom stereocenters. The molecule has 0 saturated heterocycles. The molecule has 0 bridgehead atoms. The topological polar surface area (TPSA) is 12.5 Å². The van der Waals surface area contributed by atoms with E-state index < -0.39 is 0 Å². The smallest absolute Gasteiger partial charge is 0.118 e. The number of anilines is 3. The van der Waals surface area contributed by atoms with Crippen LogP contribution < -0.4 is 9.64 Å². The van der Waals surface area contributed by atoms with E-state index in [9.17, 15) is 0 Å². The minimum absolute atomic E-state index is 0.843. The quantitative estimate of drug-likeness (QED) is 0.0627. The third kappa shape index (κ3) is 9.39. The molecule has 0 amide bonds. The van der Waals surface area contributed by atoms with E-state index in [1.165, 1.54) is 11.1 Å². The van der Waals surface area contributed by atoms with Crippen LogP contribution in [-0.4, -0.2) is 7.11 Å². The van der Waals surface area contributed by atoms with Gasteiger partial charge in [-0.2, -0.15) is 0 Å². The number of benzene rings is 6. The number of methoxy groups -OCH3 is 1. The van der Waals surface area contributed by atoms with Gasteiger partial charge >= 0.3 is 0 Å². The van der Waals surface area contributed by atoms with Crippen molar-refractivity contribution in [2.75, 3.05) is 12.0 Å². The molecule has 0 spiro atoms. The molecule has 6 aromatic carbocycles. The first kappa shape index (κ1) is 37.2. The normalized spacial score (nSPS) is 11.9. The average Bonchev–Trinajstić information content (AvgIpc) is 3.21. The fraction of sp³-hybridized carbons (Fsp3) is 0.0612. The highest BCUT2D eigenvalue weighted by Gasteiger charge is 2.13. The van der Waals surface area contributed by atoms with Gasteiger partial charge in [-0.05, 0) is 131 Å². The predicted octanol–water partition coefficient (Wildman–Crippen LogP) is 13.9. The Labute approximate surface area is 315 Å². The van der Waals surface area contributed by atoms with Crippen LogP contribution in [0, 0.1) is 0 Å². The van der Waals surface area contributed by atoms with Gasteiger partial charge in [0.2, 0.25) is 0 Å². The molecule has 0 radical (unpaired) electrons. The zero-order valence-corrected chi connectivity index (χ0v) is 31.0. The third-order valence-electron chi connectivity index (χ3n) is 8.57. The minimum Gasteiger partial charge on any atom is -0.497 e. The minimum atomic E-state index is 0.843. The second kappa shape index (κ2) is 18.8. The molecule has 0 fully saturated rings. The summed E-state index contributed by atoms with van der Waals surface area (Å²) >= 11 is 4.50. The summed E-state index contributed by atoms with van der Waals surface area (Å²) in [7, 11) is 1.70. The fourth-order valence-electron chi connectivity index (χ4n) is 6.01. The van der Waals surface area contributed by atoms with Crippen LogP contribution in [0.25, 0.3) is 23.3 Å². The van der Waals surface area contributed by atoms with Crippen molar-refractivity contribution in [1.29, 1.82) is 0 Å². The molecule has 0 saturated carbocycles. The molecule has 0 heterocycles. The van der Waals surface area contributed by atoms with Crippen molar-refractivity contribution in [3.05, 3.63) is 223 Å². The van der Waals surface area contributed by atoms with E-state index in [0.29, 0.717) is 0 Å². The number of rotatable bonds is 11. The van der Waals surface area contributed by atoms with Crippen molar-refractivity contribution in [2.45, 2.75) is 18.7 Å². The van der Waals surface area contributed by atoms with Gasteiger partial charge < -0.3 is 9.64 Å². The lowest BCUT2D eigenvalue weighted by Gasteiger charge is -2.25. The number of thiol groups is 1. The van der Waals surface area contributed by atoms with E-state index in [1.807, 2.05) is 24.3 Å². The standard InChI is InChI=1S/C47H41NOS.C2H4/c1-4-12-37(5-2)46(40-23-31-45(50)32-24-40)33-35-17-25-42(26-18-35)48(41-15-10-7-11-16-41)43-27-19-36(20-28-43)34-47(38-13-8-6-9-14-38)39-21-29-44(49-3)30-22-39;1-2/h4-34,50H,1-3H3;1-2H2/b12-4-,37-5+,46-33?,47-34?;. The SMILES string of the molecule is C/C=C\C(=C/C)C(=Cc1ccc(N(c2ccccc2)c2ccc(C=C(c3ccccc3)c3ccc(OC)cc3)cc2)cc1)c1ccc(S)cc1.C=C. The summed E-state index contributed by atoms with van der Waals surface area (Å²) in [6.07, 6.45) is 10.9. The maximum atomic E-state index is 5.42. The molecule has 3 heteroatoms. The van der Waals surface area contributed by atoms with Crippen molar-refractivity contribution in [2.24, 2.45) is 0 Å². The molecule has 0 N–H and O–H groups in total. The molecule has 0 aliphatic heterocycles. The lowest BCUT2D eigenvalue weighted by molar-refractivity contribution is 0.415. The summed E-state index contributed by atoms with van der Waals surface area (Å²) in [5, 5.41) is 0. The molecule has 0 aliphatic rings. The Bertz CT molecular complexity index is 2130. The van der Waals surface area contributed by atoms with E-state index in [2.05, 4.69) is 208 Å². The Hall–Kier alpha value is -6.03. The van der Waals surface area contributed by atoms with Crippen LogP contribution in [-0.2, 0) is 0 Å².